The van der Waals surface area contributed by atoms with E-state index in [9.17, 15) is 38.4 Å². The second kappa shape index (κ2) is 46.9. The number of esters is 2. The molecule has 81 heavy (non-hydrogen) atoms. The Kier molecular flexibility index (Phi) is 44.0. The summed E-state index contributed by atoms with van der Waals surface area (Å²) in [4.78, 5) is 106. The number of aromatic nitrogens is 7. The van der Waals surface area contributed by atoms with Gasteiger partial charge < -0.3 is 60.8 Å². The van der Waals surface area contributed by atoms with E-state index in [1.807, 2.05) is 136 Å². The van der Waals surface area contributed by atoms with E-state index >= 15 is 0 Å². The molecular weight excluding hydrogens is 1090 g/mol. The molecule has 3 aromatic carbocycles. The van der Waals surface area contributed by atoms with Gasteiger partial charge in [-0.05, 0) is 80.5 Å². The highest BCUT2D eigenvalue weighted by atomic mass is 35.5. The van der Waals surface area contributed by atoms with Gasteiger partial charge in [-0.25, -0.2) is 24.5 Å². The van der Waals surface area contributed by atoms with Crippen LogP contribution in [0.4, 0.5) is 11.5 Å². The zero-order chi connectivity index (χ0) is 62.3. The third kappa shape index (κ3) is 29.4. The van der Waals surface area contributed by atoms with Crippen molar-refractivity contribution in [3.8, 4) is 34.5 Å². The van der Waals surface area contributed by atoms with Gasteiger partial charge in [-0.3, -0.25) is 28.8 Å². The van der Waals surface area contributed by atoms with E-state index in [-0.39, 0.29) is 30.3 Å². The number of para-hydroxylation sites is 3. The molecule has 25 heteroatoms. The number of carbonyl (C=O) groups is 4. The highest BCUT2D eigenvalue weighted by Gasteiger charge is 2.15. The Hall–Kier alpha value is -9.19. The summed E-state index contributed by atoms with van der Waals surface area (Å²) in [7, 11) is 1.50. The van der Waals surface area contributed by atoms with Crippen LogP contribution in [0, 0.1) is 0 Å². The van der Waals surface area contributed by atoms with Crippen molar-refractivity contribution in [2.75, 3.05) is 31.7 Å². The van der Waals surface area contributed by atoms with Crippen molar-refractivity contribution in [1.29, 1.82) is 0 Å². The molecule has 0 aliphatic heterocycles. The first-order valence-corrected chi connectivity index (χ1v) is 26.1. The molecule has 10 N–H and O–H groups in total. The number of anilines is 2. The maximum atomic E-state index is 11.4. The van der Waals surface area contributed by atoms with E-state index in [2.05, 4.69) is 73.3 Å². The number of nitrogens with one attached hydrogen (secondary N) is 4. The van der Waals surface area contributed by atoms with Gasteiger partial charge in [0.1, 0.15) is 39.8 Å². The number of nitrogen functional groups attached to an aromatic ring is 2. The Morgan fingerprint density at radius 1 is 0.432 bits per heavy atom. The lowest BCUT2D eigenvalue weighted by molar-refractivity contribution is -0.167. The summed E-state index contributed by atoms with van der Waals surface area (Å²) < 4.78 is 25.5. The van der Waals surface area contributed by atoms with Crippen LogP contribution in [0.2, 0.25) is 0 Å². The van der Waals surface area contributed by atoms with Gasteiger partial charge in [-0.1, -0.05) is 124 Å². The summed E-state index contributed by atoms with van der Waals surface area (Å²) in [6.45, 7) is 23.6. The number of hydrogen-bond acceptors (Lipinski definition) is 19. The molecule has 0 bridgehead atoms. The van der Waals surface area contributed by atoms with Crippen molar-refractivity contribution < 1.29 is 42.9 Å². The first-order chi connectivity index (χ1) is 39.1. The molecule has 5 aromatic heterocycles. The Labute approximate surface area is 479 Å². The largest absolute Gasteiger partial charge is 0.458 e. The molecule has 0 spiro atoms. The Balaban J connectivity index is -0.000000928. The molecule has 0 amide bonds. The van der Waals surface area contributed by atoms with E-state index in [0.29, 0.717) is 45.5 Å². The Morgan fingerprint density at radius 2 is 0.704 bits per heavy atom. The zero-order valence-corrected chi connectivity index (χ0v) is 49.2. The van der Waals surface area contributed by atoms with E-state index in [0.717, 1.165) is 5.75 Å². The number of ether oxygens (including phenoxy) is 5. The van der Waals surface area contributed by atoms with Crippen LogP contribution < -0.4 is 53.6 Å². The van der Waals surface area contributed by atoms with Crippen LogP contribution in [0.25, 0.3) is 22.3 Å². The molecule has 5 heterocycles. The number of aromatic amines is 4. The fourth-order valence-electron chi connectivity index (χ4n) is 4.94. The zero-order valence-electron chi connectivity index (χ0n) is 47.7. The predicted molar refractivity (Wildman–Crippen MR) is 320 cm³/mol. The molecule has 0 saturated carbocycles. The summed E-state index contributed by atoms with van der Waals surface area (Å²) in [5.41, 5.74) is 14.5. The van der Waals surface area contributed by atoms with Crippen LogP contribution in [-0.4, -0.2) is 77.6 Å². The number of benzene rings is 3. The lowest BCUT2D eigenvalue weighted by atomic mass is 10.3. The van der Waals surface area contributed by atoms with E-state index in [1.54, 1.807) is 62.5 Å². The van der Waals surface area contributed by atoms with Crippen molar-refractivity contribution in [3.63, 3.8) is 0 Å². The standard InChI is InChI=1S/2C13H9N3O3.C11H11N3O.C6H10O4.C2Cl2O2.5C2H6.CH5N/c2*17-12-13(18)16-11-10(15-12)9(6-7-14-11)19-8-4-2-1-3-5-8;12-10-9(6-7-14-11(10)13)15-8-4-2-1-3-5-8;1-3-9-5(7)6(8)10-4-2;3-1(5)2(4)6;6*1-2/h2*1-7H,(H,15,17)(H,14,16,18);1-7H,12H2,(H2,13,14);3-4H2,1-2H3;;5*1-2H3;2H2,1H3. The number of rotatable bonds is 9. The number of nitrogens with two attached hydrogens (primary N) is 3. The SMILES string of the molecule is CC.CC.CC.CC.CC.CCOC(=O)C(=O)OCC.CN.Nc1nccc(Oc2ccccc2)c1N.O=C(Cl)C(=O)Cl.O=c1[nH]c2nccc(Oc3ccccc3)c2[nH]c1=O.O=c1[nH]c2nccc(Oc3ccccc3)c2[nH]c1=O. The van der Waals surface area contributed by atoms with Gasteiger partial charge >= 0.3 is 44.7 Å². The average Bonchev–Trinajstić information content (AvgIpc) is 3.53. The van der Waals surface area contributed by atoms with Gasteiger partial charge in [0.05, 0.1) is 13.2 Å². The lowest BCUT2D eigenvalue weighted by Crippen LogP contribution is -2.29. The van der Waals surface area contributed by atoms with Crippen LogP contribution >= 0.6 is 23.2 Å². The molecule has 0 aliphatic carbocycles. The molecule has 8 aromatic rings. The molecule has 0 aliphatic rings. The van der Waals surface area contributed by atoms with Gasteiger partial charge in [0.2, 0.25) is 0 Å². The number of H-pyrrole nitrogens is 4. The van der Waals surface area contributed by atoms with Crippen LogP contribution in [0.5, 0.6) is 34.5 Å². The van der Waals surface area contributed by atoms with Crippen LogP contribution in [0.1, 0.15) is 83.1 Å². The summed E-state index contributed by atoms with van der Waals surface area (Å²) in [6, 6.07) is 32.5. The molecule has 0 atom stereocenters. The predicted octanol–water partition coefficient (Wildman–Crippen LogP) is 10.2. The fourth-order valence-corrected chi connectivity index (χ4v) is 4.94. The van der Waals surface area contributed by atoms with Crippen LogP contribution in [-0.2, 0) is 28.7 Å². The highest BCUT2D eigenvalue weighted by Crippen LogP contribution is 2.30. The third-order valence-corrected chi connectivity index (χ3v) is 8.38. The summed E-state index contributed by atoms with van der Waals surface area (Å²) >= 11 is 8.98. The van der Waals surface area contributed by atoms with E-state index < -0.39 is 44.7 Å². The van der Waals surface area contributed by atoms with Crippen molar-refractivity contribution in [1.82, 2.24) is 34.9 Å². The Morgan fingerprint density at radius 3 is 1.00 bits per heavy atom. The maximum Gasteiger partial charge on any atom is 0.417 e. The van der Waals surface area contributed by atoms with Gasteiger partial charge in [-0.2, -0.15) is 0 Å². The molecule has 8 rings (SSSR count). The van der Waals surface area contributed by atoms with Gasteiger partial charge in [0.25, 0.3) is 0 Å². The van der Waals surface area contributed by atoms with Crippen molar-refractivity contribution in [2.24, 2.45) is 5.73 Å². The molecule has 0 unspecified atom stereocenters. The minimum Gasteiger partial charge on any atom is -0.458 e. The number of halogens is 2. The van der Waals surface area contributed by atoms with Crippen molar-refractivity contribution in [2.45, 2.75) is 83.1 Å². The summed E-state index contributed by atoms with van der Waals surface area (Å²) in [5.74, 6) is 1.76. The van der Waals surface area contributed by atoms with Crippen molar-refractivity contribution in [3.05, 3.63) is 169 Å². The normalized spacial score (nSPS) is 8.84. The number of fused-ring (bicyclic) bond motifs is 2. The molecule has 0 fully saturated rings. The number of carbonyl (C=O) groups excluding carboxylic acids is 4. The van der Waals surface area contributed by atoms with Gasteiger partial charge in [0.15, 0.2) is 28.5 Å². The number of hydrogen-bond donors (Lipinski definition) is 7. The summed E-state index contributed by atoms with van der Waals surface area (Å²) in [6.07, 6.45) is 4.55. The van der Waals surface area contributed by atoms with Crippen LogP contribution in [0.15, 0.2) is 147 Å². The molecule has 0 radical (unpaired) electrons. The molecule has 0 saturated heterocycles. The number of pyridine rings is 3. The van der Waals surface area contributed by atoms with Crippen LogP contribution in [0.3, 0.4) is 0 Å². The topological polar surface area (TPSA) is 363 Å². The Bertz CT molecular complexity index is 3080. The second-order valence-corrected chi connectivity index (χ2v) is 13.4. The highest BCUT2D eigenvalue weighted by molar-refractivity contribution is 6.97. The minimum atomic E-state index is -1.14. The molecular formula is C56H74Cl2N10O13. The first kappa shape index (κ1) is 76.0. The van der Waals surface area contributed by atoms with E-state index in [4.69, 9.17) is 25.7 Å². The second-order valence-electron chi connectivity index (χ2n) is 12.7. The maximum absolute atomic E-state index is 11.4. The van der Waals surface area contributed by atoms with E-state index in [1.165, 1.54) is 19.4 Å². The summed E-state index contributed by atoms with van der Waals surface area (Å²) in [5, 5.41) is -2.28. The third-order valence-electron chi connectivity index (χ3n) is 7.94. The number of nitrogens with zero attached hydrogens (tertiary/aromatic N) is 3. The molecule has 440 valence electrons. The van der Waals surface area contributed by atoms with Crippen molar-refractivity contribution >= 4 is 79.5 Å². The fraction of sp³-hybridized carbons (Fsp3) is 0.268. The van der Waals surface area contributed by atoms with Gasteiger partial charge in [-0.15, -0.1) is 0 Å². The minimum absolute atomic E-state index is 0.192. The first-order valence-electron chi connectivity index (χ1n) is 25.3. The monoisotopic (exact) mass is 1160 g/mol. The van der Waals surface area contributed by atoms with Gasteiger partial charge in [0, 0.05) is 36.8 Å². The molecule has 23 nitrogen and oxygen atoms in total. The lowest BCUT2D eigenvalue weighted by Gasteiger charge is -2.08. The average molecular weight is 1170 g/mol. The smallest absolute Gasteiger partial charge is 0.417 e. The quantitative estimate of drug-likeness (QED) is 0.0401.